The molecule has 7 heteroatoms. The van der Waals surface area contributed by atoms with E-state index in [1.165, 1.54) is 0 Å². The summed E-state index contributed by atoms with van der Waals surface area (Å²) >= 11 is 0. The monoisotopic (exact) mass is 349 g/mol. The van der Waals surface area contributed by atoms with E-state index >= 15 is 0 Å². The van der Waals surface area contributed by atoms with Crippen molar-refractivity contribution in [2.24, 2.45) is 10.7 Å². The normalized spacial score (nSPS) is 12.8. The summed E-state index contributed by atoms with van der Waals surface area (Å²) in [6.07, 6.45) is 5.09. The molecule has 0 unspecified atom stereocenters. The standard InChI is InChI=1S/C19H22BN4O2/c1-2-7-24(8-3-6-20-13-21)19(26)16-10-15-5-4-14(12-25)9-17(15)23-18(22)11-16/h4-5,9-10,12H,2-3,6-8,11H2,1H3,(H2,22,23). The number of amidine groups is 1. The van der Waals surface area contributed by atoms with Gasteiger partial charge in [-0.2, -0.15) is 0 Å². The first-order valence-electron chi connectivity index (χ1n) is 8.72. The number of fused-ring (bicyclic) bond motifs is 1. The Hall–Kier alpha value is -2.88. The molecule has 1 aliphatic rings. The van der Waals surface area contributed by atoms with E-state index in [0.29, 0.717) is 42.1 Å². The van der Waals surface area contributed by atoms with Gasteiger partial charge in [0.05, 0.1) is 5.69 Å². The van der Waals surface area contributed by atoms with E-state index in [0.717, 1.165) is 24.7 Å². The van der Waals surface area contributed by atoms with Gasteiger partial charge in [-0.1, -0.05) is 25.4 Å². The van der Waals surface area contributed by atoms with Gasteiger partial charge < -0.3 is 10.6 Å². The van der Waals surface area contributed by atoms with E-state index in [1.807, 2.05) is 12.9 Å². The smallest absolute Gasteiger partial charge is 0.254 e. The van der Waals surface area contributed by atoms with Crippen LogP contribution >= 0.6 is 0 Å². The maximum atomic E-state index is 13.0. The van der Waals surface area contributed by atoms with Gasteiger partial charge in [-0.3, -0.25) is 9.59 Å². The Balaban J connectivity index is 2.24. The van der Waals surface area contributed by atoms with Crippen LogP contribution in [-0.4, -0.2) is 43.3 Å². The third-order valence-corrected chi connectivity index (χ3v) is 4.08. The summed E-state index contributed by atoms with van der Waals surface area (Å²) in [4.78, 5) is 30.1. The first-order chi connectivity index (χ1) is 12.6. The molecule has 0 bridgehead atoms. The van der Waals surface area contributed by atoms with Crippen LogP contribution in [0.3, 0.4) is 0 Å². The SMILES string of the molecule is CCCN(CCC[B]C#N)C(=O)C1=Cc2ccc(C=O)cc2N=C(N)C1. The van der Waals surface area contributed by atoms with Crippen molar-refractivity contribution in [3.63, 3.8) is 0 Å². The first-order valence-corrected chi connectivity index (χ1v) is 8.72. The Kier molecular flexibility index (Phi) is 7.16. The summed E-state index contributed by atoms with van der Waals surface area (Å²) in [7, 11) is 1.55. The van der Waals surface area contributed by atoms with Crippen molar-refractivity contribution >= 4 is 37.1 Å². The highest BCUT2D eigenvalue weighted by Gasteiger charge is 2.21. The molecule has 2 N–H and O–H groups in total. The number of aldehydes is 1. The predicted octanol–water partition coefficient (Wildman–Crippen LogP) is 2.51. The summed E-state index contributed by atoms with van der Waals surface area (Å²) < 4.78 is 0. The third kappa shape index (κ3) is 5.06. The fraction of sp³-hybridized carbons (Fsp3) is 0.368. The first kappa shape index (κ1) is 19.4. The van der Waals surface area contributed by atoms with Gasteiger partial charge in [-0.25, -0.2) is 10.3 Å². The minimum Gasteiger partial charge on any atom is -0.387 e. The Morgan fingerprint density at radius 1 is 1.46 bits per heavy atom. The summed E-state index contributed by atoms with van der Waals surface area (Å²) in [5, 5.41) is 8.59. The predicted molar refractivity (Wildman–Crippen MR) is 103 cm³/mol. The van der Waals surface area contributed by atoms with Crippen molar-refractivity contribution in [2.75, 3.05) is 13.1 Å². The Bertz CT molecular complexity index is 780. The van der Waals surface area contributed by atoms with Gasteiger partial charge in [0.25, 0.3) is 7.28 Å². The van der Waals surface area contributed by atoms with Gasteiger partial charge in [0.1, 0.15) is 12.1 Å². The van der Waals surface area contributed by atoms with Gasteiger partial charge >= 0.3 is 0 Å². The minimum atomic E-state index is -0.0609. The molecule has 0 aromatic heterocycles. The molecule has 6 nitrogen and oxygen atoms in total. The highest BCUT2D eigenvalue weighted by atomic mass is 16.2. The number of hydrogen-bond acceptors (Lipinski definition) is 5. The van der Waals surface area contributed by atoms with Crippen LogP contribution in [0.4, 0.5) is 5.69 Å². The van der Waals surface area contributed by atoms with Crippen molar-refractivity contribution in [3.8, 4) is 5.97 Å². The lowest BCUT2D eigenvalue weighted by Crippen LogP contribution is -2.34. The second-order valence-electron chi connectivity index (χ2n) is 6.15. The van der Waals surface area contributed by atoms with Crippen molar-refractivity contribution in [1.82, 2.24) is 4.90 Å². The second kappa shape index (κ2) is 9.57. The topological polar surface area (TPSA) is 99.5 Å². The molecule has 1 aromatic rings. The van der Waals surface area contributed by atoms with Crippen molar-refractivity contribution in [2.45, 2.75) is 32.5 Å². The molecule has 26 heavy (non-hydrogen) atoms. The number of nitriles is 1. The minimum absolute atomic E-state index is 0.0609. The summed E-state index contributed by atoms with van der Waals surface area (Å²) in [6.45, 7) is 3.27. The molecule has 1 radical (unpaired) electrons. The number of hydrogen-bond donors (Lipinski definition) is 1. The van der Waals surface area contributed by atoms with E-state index in [-0.39, 0.29) is 12.3 Å². The molecule has 0 saturated carbocycles. The van der Waals surface area contributed by atoms with E-state index in [9.17, 15) is 9.59 Å². The number of benzene rings is 1. The van der Waals surface area contributed by atoms with E-state index < -0.39 is 0 Å². The zero-order valence-corrected chi connectivity index (χ0v) is 14.9. The fourth-order valence-electron chi connectivity index (χ4n) is 2.86. The van der Waals surface area contributed by atoms with Crippen LogP contribution in [0, 0.1) is 11.2 Å². The third-order valence-electron chi connectivity index (χ3n) is 4.08. The number of aliphatic imine (C=N–C) groups is 1. The molecule has 0 atom stereocenters. The second-order valence-corrected chi connectivity index (χ2v) is 6.15. The summed E-state index contributed by atoms with van der Waals surface area (Å²) in [5.41, 5.74) is 8.46. The van der Waals surface area contributed by atoms with E-state index in [2.05, 4.69) is 4.99 Å². The molecule has 1 amide bonds. The molecule has 0 saturated heterocycles. The molecular weight excluding hydrogens is 327 g/mol. The van der Waals surface area contributed by atoms with Crippen molar-refractivity contribution in [1.29, 1.82) is 5.26 Å². The largest absolute Gasteiger partial charge is 0.387 e. The zero-order valence-electron chi connectivity index (χ0n) is 14.9. The number of carbonyl (C=O) groups excluding carboxylic acids is 2. The number of amides is 1. The Morgan fingerprint density at radius 2 is 2.27 bits per heavy atom. The van der Waals surface area contributed by atoms with Crippen LogP contribution in [0.2, 0.25) is 6.32 Å². The van der Waals surface area contributed by atoms with Crippen molar-refractivity contribution in [3.05, 3.63) is 34.9 Å². The molecule has 2 rings (SSSR count). The summed E-state index contributed by atoms with van der Waals surface area (Å²) in [6, 6.07) is 5.14. The average molecular weight is 349 g/mol. The van der Waals surface area contributed by atoms with Crippen LogP contribution in [0.5, 0.6) is 0 Å². The lowest BCUT2D eigenvalue weighted by Gasteiger charge is -2.23. The molecule has 0 aliphatic carbocycles. The Morgan fingerprint density at radius 3 is 2.96 bits per heavy atom. The lowest BCUT2D eigenvalue weighted by atomic mass is 9.76. The van der Waals surface area contributed by atoms with Gasteiger partial charge in [0.2, 0.25) is 5.91 Å². The maximum absolute atomic E-state index is 13.0. The van der Waals surface area contributed by atoms with Gasteiger partial charge in [0.15, 0.2) is 0 Å². The molecule has 0 spiro atoms. The number of nitrogens with zero attached hydrogens (tertiary/aromatic N) is 3. The van der Waals surface area contributed by atoms with Gasteiger partial charge in [-0.05, 0) is 31.0 Å². The zero-order chi connectivity index (χ0) is 18.9. The number of rotatable bonds is 8. The average Bonchev–Trinajstić information content (AvgIpc) is 2.80. The quantitative estimate of drug-likeness (QED) is 0.443. The van der Waals surface area contributed by atoms with Crippen LogP contribution in [0.15, 0.2) is 28.8 Å². The molecule has 0 fully saturated rings. The molecule has 133 valence electrons. The van der Waals surface area contributed by atoms with Crippen LogP contribution in [0.25, 0.3) is 6.08 Å². The van der Waals surface area contributed by atoms with Crippen LogP contribution in [-0.2, 0) is 4.79 Å². The molecule has 1 heterocycles. The number of carbonyl (C=O) groups is 2. The number of nitrogens with two attached hydrogens (primary N) is 1. The summed E-state index contributed by atoms with van der Waals surface area (Å²) in [5.74, 6) is 2.29. The van der Waals surface area contributed by atoms with Gasteiger partial charge in [-0.15, -0.1) is 0 Å². The molecule has 1 aliphatic heterocycles. The molecule has 1 aromatic carbocycles. The van der Waals surface area contributed by atoms with E-state index in [4.69, 9.17) is 11.0 Å². The Labute approximate surface area is 154 Å². The maximum Gasteiger partial charge on any atom is 0.254 e. The van der Waals surface area contributed by atoms with E-state index in [1.54, 1.807) is 36.5 Å². The lowest BCUT2D eigenvalue weighted by molar-refractivity contribution is -0.127. The van der Waals surface area contributed by atoms with Crippen LogP contribution < -0.4 is 5.73 Å². The fourth-order valence-corrected chi connectivity index (χ4v) is 2.86. The van der Waals surface area contributed by atoms with Gasteiger partial charge in [0, 0.05) is 36.2 Å². The molecular formula is C19H22BN4O2. The highest BCUT2D eigenvalue weighted by molar-refractivity contribution is 6.44. The van der Waals surface area contributed by atoms with Crippen LogP contribution in [0.1, 0.15) is 42.1 Å². The highest BCUT2D eigenvalue weighted by Crippen LogP contribution is 2.28. The van der Waals surface area contributed by atoms with Crippen molar-refractivity contribution < 1.29 is 9.59 Å².